The van der Waals surface area contributed by atoms with Crippen molar-refractivity contribution in [2.24, 2.45) is 11.3 Å². The van der Waals surface area contributed by atoms with Crippen LogP contribution in [-0.2, 0) is 0 Å². The smallest absolute Gasteiger partial charge is 0.150 e. The molecule has 2 aromatic carbocycles. The molecule has 5 atom stereocenters. The summed E-state index contributed by atoms with van der Waals surface area (Å²) in [5.74, 6) is 3.21. The summed E-state index contributed by atoms with van der Waals surface area (Å²) in [4.78, 5) is 5.03. The van der Waals surface area contributed by atoms with E-state index in [4.69, 9.17) is 9.47 Å². The first kappa shape index (κ1) is 25.8. The molecule has 44 heavy (non-hydrogen) atoms. The third-order valence-corrected chi connectivity index (χ3v) is 10.4. The number of hydrogen-bond acceptors (Lipinski definition) is 5. The molecule has 1 saturated heterocycles. The lowest BCUT2D eigenvalue weighted by Gasteiger charge is -2.51. The third-order valence-electron chi connectivity index (χ3n) is 10.4. The lowest BCUT2D eigenvalue weighted by Crippen LogP contribution is -2.53. The van der Waals surface area contributed by atoms with Gasteiger partial charge in [-0.05, 0) is 60.9 Å². The van der Waals surface area contributed by atoms with E-state index in [1.54, 1.807) is 0 Å². The number of fused-ring (bicyclic) bond motifs is 6. The van der Waals surface area contributed by atoms with E-state index >= 15 is 0 Å². The van der Waals surface area contributed by atoms with Gasteiger partial charge in [0.05, 0.1) is 35.2 Å². The Kier molecular flexibility index (Phi) is 5.68. The van der Waals surface area contributed by atoms with Crippen LogP contribution in [0.2, 0.25) is 0 Å². The zero-order valence-corrected chi connectivity index (χ0v) is 25.2. The summed E-state index contributed by atoms with van der Waals surface area (Å²) >= 11 is 0. The summed E-state index contributed by atoms with van der Waals surface area (Å²) in [6, 6.07) is 17.6. The quantitative estimate of drug-likeness (QED) is 0.392. The van der Waals surface area contributed by atoms with Crippen LogP contribution >= 0.6 is 0 Å². The molecule has 2 aromatic rings. The number of rotatable bonds is 2. The Labute approximate surface area is 259 Å². The minimum absolute atomic E-state index is 0.0285. The molecular weight excluding hydrogens is 542 g/mol. The number of anilines is 2. The summed E-state index contributed by atoms with van der Waals surface area (Å²) < 4.78 is 12.8. The molecule has 0 aromatic heterocycles. The maximum atomic E-state index is 6.44. The predicted molar refractivity (Wildman–Crippen MR) is 176 cm³/mol. The van der Waals surface area contributed by atoms with Gasteiger partial charge in [-0.1, -0.05) is 86.7 Å². The molecule has 0 spiro atoms. The number of piperidine rings is 1. The molecule has 9 rings (SSSR count). The molecule has 5 nitrogen and oxygen atoms in total. The fraction of sp³-hybridized carbons (Fsp3) is 0.282. The Morgan fingerprint density at radius 1 is 0.864 bits per heavy atom. The van der Waals surface area contributed by atoms with Crippen LogP contribution in [0.4, 0.5) is 11.4 Å². The molecular formula is C39H37N3O2. The van der Waals surface area contributed by atoms with E-state index in [-0.39, 0.29) is 35.6 Å². The molecule has 0 radical (unpaired) electrons. The van der Waals surface area contributed by atoms with E-state index in [1.165, 1.54) is 28.4 Å². The zero-order valence-electron chi connectivity index (χ0n) is 25.2. The van der Waals surface area contributed by atoms with Crippen LogP contribution in [-0.4, -0.2) is 24.2 Å². The van der Waals surface area contributed by atoms with Crippen LogP contribution in [0.3, 0.4) is 0 Å². The van der Waals surface area contributed by atoms with Crippen LogP contribution in [0.15, 0.2) is 144 Å². The highest BCUT2D eigenvalue weighted by atomic mass is 16.5. The van der Waals surface area contributed by atoms with Gasteiger partial charge in [0.1, 0.15) is 23.4 Å². The summed E-state index contributed by atoms with van der Waals surface area (Å²) in [5, 5.41) is 3.94. The number of hydrogen-bond donors (Lipinski definition) is 1. The van der Waals surface area contributed by atoms with Crippen molar-refractivity contribution in [2.45, 2.75) is 57.3 Å². The Morgan fingerprint density at radius 3 is 2.57 bits per heavy atom. The van der Waals surface area contributed by atoms with E-state index in [1.807, 2.05) is 0 Å². The predicted octanol–water partition coefficient (Wildman–Crippen LogP) is 7.86. The van der Waals surface area contributed by atoms with Gasteiger partial charge in [-0.2, -0.15) is 0 Å². The number of nitrogens with zero attached hydrogens (tertiary/aromatic N) is 2. The number of benzene rings is 2. The molecule has 1 N–H and O–H groups in total. The van der Waals surface area contributed by atoms with Crippen LogP contribution in [0.25, 0.3) is 0 Å². The molecule has 5 unspecified atom stereocenters. The van der Waals surface area contributed by atoms with Crippen LogP contribution in [0.5, 0.6) is 11.5 Å². The Morgan fingerprint density at radius 2 is 1.66 bits per heavy atom. The topological polar surface area (TPSA) is 37.0 Å². The van der Waals surface area contributed by atoms with Crippen LogP contribution in [0.1, 0.15) is 33.1 Å². The maximum absolute atomic E-state index is 6.44. The van der Waals surface area contributed by atoms with Crippen molar-refractivity contribution in [1.29, 1.82) is 0 Å². The first-order valence-corrected chi connectivity index (χ1v) is 16.0. The molecule has 0 saturated carbocycles. The zero-order chi connectivity index (χ0) is 29.4. The highest BCUT2D eigenvalue weighted by molar-refractivity contribution is 5.72. The number of para-hydroxylation sites is 4. The first-order valence-electron chi connectivity index (χ1n) is 16.0. The molecule has 7 aliphatic rings. The normalized spacial score (nSPS) is 30.1. The van der Waals surface area contributed by atoms with Gasteiger partial charge in [-0.3, -0.25) is 0 Å². The van der Waals surface area contributed by atoms with Crippen molar-refractivity contribution in [1.82, 2.24) is 5.32 Å². The molecule has 3 aliphatic heterocycles. The van der Waals surface area contributed by atoms with Gasteiger partial charge in [0.15, 0.2) is 0 Å². The highest BCUT2D eigenvalue weighted by Crippen LogP contribution is 2.51. The van der Waals surface area contributed by atoms with Crippen molar-refractivity contribution in [3.05, 3.63) is 144 Å². The van der Waals surface area contributed by atoms with Crippen LogP contribution in [0, 0.1) is 11.3 Å². The Balaban J connectivity index is 1.10. The molecule has 220 valence electrons. The van der Waals surface area contributed by atoms with Crippen LogP contribution < -0.4 is 24.6 Å². The lowest BCUT2D eigenvalue weighted by molar-refractivity contribution is 0.225. The SMILES string of the molecule is CC1(C)C2=CC(N3c4ccccc4OC4=CC=CCC43)CC=C2NC2C=CC(N3C4=CC=CCC4Oc4ccccc43)=CC21. The Bertz CT molecular complexity index is 1800. The minimum atomic E-state index is -0.0839. The average Bonchev–Trinajstić information content (AvgIpc) is 3.06. The summed E-state index contributed by atoms with van der Waals surface area (Å²) in [6.07, 6.45) is 28.1. The monoisotopic (exact) mass is 579 g/mol. The standard InChI is InChI=1S/C39H37N3O2/c1-39(2)27-23-25(41-31-11-3-7-15-35(31)43-36-16-8-4-12-32(36)41)19-21-29(27)40-30-22-20-26(24-28(30)39)42-33-13-5-9-17-37(33)44-38-18-10-6-14-34(38)42/h3-13,15,17-19,21-24,26-27,29,34,36,40H,14,16,20H2,1-2H3. The second-order valence-electron chi connectivity index (χ2n) is 13.3. The van der Waals surface area contributed by atoms with Crippen molar-refractivity contribution < 1.29 is 9.47 Å². The van der Waals surface area contributed by atoms with Gasteiger partial charge < -0.3 is 24.6 Å². The fourth-order valence-electron chi connectivity index (χ4n) is 8.22. The van der Waals surface area contributed by atoms with Gasteiger partial charge in [0.2, 0.25) is 0 Å². The van der Waals surface area contributed by atoms with Crippen molar-refractivity contribution in [3.63, 3.8) is 0 Å². The summed E-state index contributed by atoms with van der Waals surface area (Å²) in [7, 11) is 0. The minimum Gasteiger partial charge on any atom is -0.482 e. The van der Waals surface area contributed by atoms with E-state index in [2.05, 4.69) is 144 Å². The number of allylic oxidation sites excluding steroid dienone is 6. The first-order chi connectivity index (χ1) is 21.6. The van der Waals surface area contributed by atoms with Crippen molar-refractivity contribution >= 4 is 11.4 Å². The molecule has 1 fully saturated rings. The average molecular weight is 580 g/mol. The van der Waals surface area contributed by atoms with E-state index in [9.17, 15) is 0 Å². The number of ether oxygens (including phenoxy) is 2. The largest absolute Gasteiger partial charge is 0.482 e. The van der Waals surface area contributed by atoms with Crippen molar-refractivity contribution in [3.8, 4) is 11.5 Å². The van der Waals surface area contributed by atoms with Gasteiger partial charge >= 0.3 is 0 Å². The third kappa shape index (κ3) is 3.84. The molecule has 4 aliphatic carbocycles. The van der Waals surface area contributed by atoms with Gasteiger partial charge in [0.25, 0.3) is 0 Å². The second-order valence-corrected chi connectivity index (χ2v) is 13.3. The maximum Gasteiger partial charge on any atom is 0.150 e. The molecule has 0 bridgehead atoms. The fourth-order valence-corrected chi connectivity index (χ4v) is 8.22. The van der Waals surface area contributed by atoms with E-state index in [0.29, 0.717) is 0 Å². The summed E-state index contributed by atoms with van der Waals surface area (Å²) in [6.45, 7) is 4.86. The molecule has 3 heterocycles. The summed E-state index contributed by atoms with van der Waals surface area (Å²) in [5.41, 5.74) is 7.31. The second kappa shape index (κ2) is 9.68. The molecule has 5 heteroatoms. The number of nitrogens with one attached hydrogen (secondary N) is 1. The van der Waals surface area contributed by atoms with E-state index in [0.717, 1.165) is 42.2 Å². The van der Waals surface area contributed by atoms with Crippen molar-refractivity contribution in [2.75, 3.05) is 9.80 Å². The van der Waals surface area contributed by atoms with E-state index < -0.39 is 0 Å². The lowest BCUT2D eigenvalue weighted by atomic mass is 9.63. The molecule has 0 amide bonds. The highest BCUT2D eigenvalue weighted by Gasteiger charge is 2.47. The van der Waals surface area contributed by atoms with Gasteiger partial charge in [-0.15, -0.1) is 0 Å². The Hall–Kier alpha value is -4.64. The van der Waals surface area contributed by atoms with Gasteiger partial charge in [-0.25, -0.2) is 0 Å². The van der Waals surface area contributed by atoms with Gasteiger partial charge in [0, 0.05) is 29.1 Å².